The van der Waals surface area contributed by atoms with Crippen molar-refractivity contribution in [1.82, 2.24) is 15.3 Å². The molecule has 2 aromatic rings. The van der Waals surface area contributed by atoms with E-state index in [0.29, 0.717) is 17.9 Å². The summed E-state index contributed by atoms with van der Waals surface area (Å²) >= 11 is 7.41. The number of nitrogens with zero attached hydrogens (tertiary/aromatic N) is 2. The van der Waals surface area contributed by atoms with Crippen LogP contribution >= 0.6 is 22.9 Å². The number of carbonyl (C=O) groups is 1. The molecule has 0 fully saturated rings. The number of pyridine rings is 1. The van der Waals surface area contributed by atoms with Crippen LogP contribution < -0.4 is 10.6 Å². The number of amides is 1. The van der Waals surface area contributed by atoms with Crippen molar-refractivity contribution < 1.29 is 4.79 Å². The highest BCUT2D eigenvalue weighted by molar-refractivity contribution is 7.09. The summed E-state index contributed by atoms with van der Waals surface area (Å²) in [6, 6.07) is 3.18. The topological polar surface area (TPSA) is 66.9 Å². The Bertz CT molecular complexity index is 599. The lowest BCUT2D eigenvalue weighted by atomic mass is 10.2. The molecule has 0 radical (unpaired) electrons. The monoisotopic (exact) mass is 296 g/mol. The summed E-state index contributed by atoms with van der Waals surface area (Å²) in [5.41, 5.74) is 1.32. The Morgan fingerprint density at radius 1 is 1.42 bits per heavy atom. The summed E-state index contributed by atoms with van der Waals surface area (Å²) in [6.07, 6.45) is 0. The van der Waals surface area contributed by atoms with Crippen LogP contribution in [-0.4, -0.2) is 22.9 Å². The van der Waals surface area contributed by atoms with E-state index in [-0.39, 0.29) is 11.1 Å². The predicted molar refractivity (Wildman–Crippen MR) is 76.8 cm³/mol. The average molecular weight is 297 g/mol. The lowest BCUT2D eigenvalue weighted by molar-refractivity contribution is 0.0950. The molecule has 0 saturated carbocycles. The summed E-state index contributed by atoms with van der Waals surface area (Å²) in [5, 5.41) is 8.84. The summed E-state index contributed by atoms with van der Waals surface area (Å²) in [7, 11) is 1.72. The van der Waals surface area contributed by atoms with E-state index in [1.54, 1.807) is 24.5 Å². The van der Waals surface area contributed by atoms with Crippen molar-refractivity contribution >= 4 is 34.7 Å². The number of carbonyl (C=O) groups excluding carboxylic acids is 1. The van der Waals surface area contributed by atoms with Gasteiger partial charge < -0.3 is 10.6 Å². The summed E-state index contributed by atoms with van der Waals surface area (Å²) < 4.78 is 0. The van der Waals surface area contributed by atoms with Crippen molar-refractivity contribution in [1.29, 1.82) is 0 Å². The second kappa shape index (κ2) is 5.99. The third kappa shape index (κ3) is 3.65. The fourth-order valence-corrected chi connectivity index (χ4v) is 2.34. The van der Waals surface area contributed by atoms with E-state index in [9.17, 15) is 4.79 Å². The SMILES string of the molecule is CNc1cc(C(=O)NCc2csc(C)n2)cc(Cl)n1. The van der Waals surface area contributed by atoms with Gasteiger partial charge in [-0.25, -0.2) is 9.97 Å². The fraction of sp³-hybridized carbons (Fsp3) is 0.250. The van der Waals surface area contributed by atoms with Crippen LogP contribution in [-0.2, 0) is 6.54 Å². The Kier molecular flexibility index (Phi) is 4.34. The maximum absolute atomic E-state index is 12.0. The van der Waals surface area contributed by atoms with Crippen molar-refractivity contribution in [3.63, 3.8) is 0 Å². The van der Waals surface area contributed by atoms with Gasteiger partial charge in [-0.05, 0) is 19.1 Å². The molecule has 19 heavy (non-hydrogen) atoms. The molecule has 1 amide bonds. The molecule has 0 atom stereocenters. The van der Waals surface area contributed by atoms with Crippen molar-refractivity contribution in [2.45, 2.75) is 13.5 Å². The Balaban J connectivity index is 2.05. The summed E-state index contributed by atoms with van der Waals surface area (Å²) in [5.74, 6) is 0.355. The molecule has 0 bridgehead atoms. The van der Waals surface area contributed by atoms with E-state index >= 15 is 0 Å². The van der Waals surface area contributed by atoms with E-state index in [1.807, 2.05) is 12.3 Å². The van der Waals surface area contributed by atoms with Crippen LogP contribution in [0.2, 0.25) is 5.15 Å². The molecule has 2 rings (SSSR count). The number of aromatic nitrogens is 2. The van der Waals surface area contributed by atoms with E-state index in [0.717, 1.165) is 10.7 Å². The Morgan fingerprint density at radius 3 is 2.84 bits per heavy atom. The molecule has 5 nitrogen and oxygen atoms in total. The van der Waals surface area contributed by atoms with Gasteiger partial charge in [0.2, 0.25) is 0 Å². The summed E-state index contributed by atoms with van der Waals surface area (Å²) in [6.45, 7) is 2.33. The van der Waals surface area contributed by atoms with Gasteiger partial charge in [0.25, 0.3) is 5.91 Å². The molecule has 0 saturated heterocycles. The van der Waals surface area contributed by atoms with Gasteiger partial charge in [0.05, 0.1) is 17.2 Å². The second-order valence-corrected chi connectivity index (χ2v) is 5.30. The van der Waals surface area contributed by atoms with E-state index in [1.165, 1.54) is 6.07 Å². The molecule has 0 spiro atoms. The molecular formula is C12H13ClN4OS. The van der Waals surface area contributed by atoms with Gasteiger partial charge in [-0.1, -0.05) is 11.6 Å². The number of anilines is 1. The van der Waals surface area contributed by atoms with Crippen LogP contribution in [0.5, 0.6) is 0 Å². The number of hydrogen-bond donors (Lipinski definition) is 2. The largest absolute Gasteiger partial charge is 0.373 e. The number of rotatable bonds is 4. The average Bonchev–Trinajstić information content (AvgIpc) is 2.81. The zero-order valence-corrected chi connectivity index (χ0v) is 12.1. The van der Waals surface area contributed by atoms with Crippen LogP contribution in [0.25, 0.3) is 0 Å². The minimum atomic E-state index is -0.202. The lowest BCUT2D eigenvalue weighted by Crippen LogP contribution is -2.23. The van der Waals surface area contributed by atoms with E-state index < -0.39 is 0 Å². The maximum Gasteiger partial charge on any atom is 0.251 e. The smallest absolute Gasteiger partial charge is 0.251 e. The predicted octanol–water partition coefficient (Wildman–Crippen LogP) is 2.47. The number of hydrogen-bond acceptors (Lipinski definition) is 5. The van der Waals surface area contributed by atoms with Gasteiger partial charge in [-0.3, -0.25) is 4.79 Å². The first-order valence-electron chi connectivity index (χ1n) is 5.63. The van der Waals surface area contributed by atoms with Gasteiger partial charge in [0.1, 0.15) is 11.0 Å². The van der Waals surface area contributed by atoms with Gasteiger partial charge in [-0.2, -0.15) is 0 Å². The molecule has 0 aliphatic rings. The quantitative estimate of drug-likeness (QED) is 0.851. The number of nitrogens with one attached hydrogen (secondary N) is 2. The van der Waals surface area contributed by atoms with Crippen molar-refractivity contribution in [2.24, 2.45) is 0 Å². The molecule has 0 aliphatic carbocycles. The molecule has 7 heteroatoms. The van der Waals surface area contributed by atoms with E-state index in [4.69, 9.17) is 11.6 Å². The van der Waals surface area contributed by atoms with E-state index in [2.05, 4.69) is 20.6 Å². The molecule has 100 valence electrons. The third-order valence-electron chi connectivity index (χ3n) is 2.41. The molecule has 2 aromatic heterocycles. The molecule has 0 unspecified atom stereocenters. The van der Waals surface area contributed by atoms with Crippen LogP contribution in [0, 0.1) is 6.92 Å². The van der Waals surface area contributed by atoms with Crippen molar-refractivity contribution in [3.8, 4) is 0 Å². The number of aryl methyl sites for hydroxylation is 1. The first-order chi connectivity index (χ1) is 9.08. The zero-order chi connectivity index (χ0) is 13.8. The van der Waals surface area contributed by atoms with Gasteiger partial charge in [0, 0.05) is 18.0 Å². The van der Waals surface area contributed by atoms with Crippen molar-refractivity contribution in [2.75, 3.05) is 12.4 Å². The number of halogens is 1. The zero-order valence-electron chi connectivity index (χ0n) is 10.5. The highest BCUT2D eigenvalue weighted by Gasteiger charge is 2.09. The molecule has 2 N–H and O–H groups in total. The normalized spacial score (nSPS) is 10.3. The first kappa shape index (κ1) is 13.8. The van der Waals surface area contributed by atoms with Crippen LogP contribution in [0.3, 0.4) is 0 Å². The Labute approximate surface area is 120 Å². The van der Waals surface area contributed by atoms with Gasteiger partial charge >= 0.3 is 0 Å². The minimum absolute atomic E-state index is 0.202. The third-order valence-corrected chi connectivity index (χ3v) is 3.43. The molecular weight excluding hydrogens is 284 g/mol. The first-order valence-corrected chi connectivity index (χ1v) is 6.89. The highest BCUT2D eigenvalue weighted by atomic mass is 35.5. The van der Waals surface area contributed by atoms with Gasteiger partial charge in [0.15, 0.2) is 0 Å². The lowest BCUT2D eigenvalue weighted by Gasteiger charge is -2.06. The number of thiazole rings is 1. The van der Waals surface area contributed by atoms with Crippen LogP contribution in [0.1, 0.15) is 21.1 Å². The molecule has 0 aliphatic heterocycles. The summed E-state index contributed by atoms with van der Waals surface area (Å²) in [4.78, 5) is 20.3. The Morgan fingerprint density at radius 2 is 2.21 bits per heavy atom. The maximum atomic E-state index is 12.0. The minimum Gasteiger partial charge on any atom is -0.373 e. The fourth-order valence-electron chi connectivity index (χ4n) is 1.52. The van der Waals surface area contributed by atoms with Gasteiger partial charge in [-0.15, -0.1) is 11.3 Å². The molecule has 2 heterocycles. The van der Waals surface area contributed by atoms with Crippen molar-refractivity contribution in [3.05, 3.63) is 38.9 Å². The molecule has 0 aromatic carbocycles. The van der Waals surface area contributed by atoms with Crippen LogP contribution in [0.4, 0.5) is 5.82 Å². The highest BCUT2D eigenvalue weighted by Crippen LogP contribution is 2.14. The van der Waals surface area contributed by atoms with Crippen LogP contribution in [0.15, 0.2) is 17.5 Å². The Hall–Kier alpha value is -1.66. The standard InChI is InChI=1S/C12H13ClN4OS/c1-7-16-9(6-19-7)5-15-12(18)8-3-10(13)17-11(4-8)14-2/h3-4,6H,5H2,1-2H3,(H,14,17)(H,15,18). The second-order valence-electron chi connectivity index (χ2n) is 3.85.